The number of nitrogens with two attached hydrogens (primary N) is 1. The quantitative estimate of drug-likeness (QED) is 0.259. The summed E-state index contributed by atoms with van der Waals surface area (Å²) < 4.78 is 0. The third-order valence-corrected chi connectivity index (χ3v) is 5.41. The van der Waals surface area contributed by atoms with E-state index in [2.05, 4.69) is 42.0 Å². The molecule has 11 heteroatoms. The second kappa shape index (κ2) is 9.83. The molecule has 2 fully saturated rings. The van der Waals surface area contributed by atoms with E-state index in [1.54, 1.807) is 12.4 Å². The molecular formula is C22H24N10O. The van der Waals surface area contributed by atoms with Crippen LogP contribution in [-0.2, 0) is 4.79 Å². The minimum Gasteiger partial charge on any atom is -0.368 e. The SMILES string of the molecule is Cc1nc(N)nc(N2CCN(/C(=N\C#N)N3CCNC(=O)C3)CC2)c1C#Cc1cccnc1. The largest absolute Gasteiger partial charge is 0.368 e. The molecule has 0 aliphatic carbocycles. The van der Waals surface area contributed by atoms with E-state index in [4.69, 9.17) is 5.73 Å². The van der Waals surface area contributed by atoms with Gasteiger partial charge < -0.3 is 25.8 Å². The summed E-state index contributed by atoms with van der Waals surface area (Å²) in [6, 6.07) is 3.73. The summed E-state index contributed by atoms with van der Waals surface area (Å²) in [5.74, 6) is 7.65. The van der Waals surface area contributed by atoms with Gasteiger partial charge in [-0.05, 0) is 19.1 Å². The van der Waals surface area contributed by atoms with E-state index in [0.717, 1.165) is 11.1 Å². The predicted octanol–water partition coefficient (Wildman–Crippen LogP) is -0.447. The summed E-state index contributed by atoms with van der Waals surface area (Å²) in [5.41, 5.74) is 8.18. The number of aromatic nitrogens is 3. The number of aryl methyl sites for hydroxylation is 1. The van der Waals surface area contributed by atoms with Crippen LogP contribution in [0.5, 0.6) is 0 Å². The number of guanidine groups is 1. The molecule has 4 heterocycles. The molecule has 4 rings (SSSR count). The number of piperazine rings is 2. The summed E-state index contributed by atoms with van der Waals surface area (Å²) in [6.07, 6.45) is 5.28. The average Bonchev–Trinajstić information content (AvgIpc) is 2.82. The third kappa shape index (κ3) is 5.10. The van der Waals surface area contributed by atoms with Crippen LogP contribution >= 0.6 is 0 Å². The van der Waals surface area contributed by atoms with E-state index in [0.29, 0.717) is 56.7 Å². The molecule has 0 atom stereocenters. The lowest BCUT2D eigenvalue weighted by molar-refractivity contribution is -0.123. The number of nitrogens with one attached hydrogen (secondary N) is 1. The van der Waals surface area contributed by atoms with Crippen molar-refractivity contribution in [1.82, 2.24) is 30.1 Å². The van der Waals surface area contributed by atoms with Gasteiger partial charge in [-0.3, -0.25) is 9.78 Å². The van der Waals surface area contributed by atoms with Gasteiger partial charge in [0.15, 0.2) is 0 Å². The number of amides is 1. The fraction of sp³-hybridized carbons (Fsp3) is 0.364. The maximum Gasteiger partial charge on any atom is 0.239 e. The zero-order chi connectivity index (χ0) is 23.2. The van der Waals surface area contributed by atoms with Gasteiger partial charge >= 0.3 is 0 Å². The van der Waals surface area contributed by atoms with Gasteiger partial charge in [-0.25, -0.2) is 4.98 Å². The second-order valence-corrected chi connectivity index (χ2v) is 7.61. The first-order chi connectivity index (χ1) is 16.0. The normalized spacial score (nSPS) is 16.5. The van der Waals surface area contributed by atoms with E-state index in [9.17, 15) is 10.1 Å². The first-order valence-electron chi connectivity index (χ1n) is 10.6. The maximum absolute atomic E-state index is 11.8. The van der Waals surface area contributed by atoms with Crippen LogP contribution in [0, 0.1) is 30.2 Å². The van der Waals surface area contributed by atoms with Crippen LogP contribution < -0.4 is 16.0 Å². The molecule has 1 amide bonds. The molecule has 0 saturated carbocycles. The number of nitrogens with zero attached hydrogens (tertiary/aromatic N) is 8. The Morgan fingerprint density at radius 1 is 1.18 bits per heavy atom. The van der Waals surface area contributed by atoms with Crippen LogP contribution in [0.2, 0.25) is 0 Å². The van der Waals surface area contributed by atoms with Crippen LogP contribution in [0.1, 0.15) is 16.8 Å². The molecule has 0 spiro atoms. The molecular weight excluding hydrogens is 420 g/mol. The zero-order valence-corrected chi connectivity index (χ0v) is 18.3. The monoisotopic (exact) mass is 444 g/mol. The van der Waals surface area contributed by atoms with Gasteiger partial charge in [0.25, 0.3) is 0 Å². The zero-order valence-electron chi connectivity index (χ0n) is 18.3. The van der Waals surface area contributed by atoms with Crippen molar-refractivity contribution < 1.29 is 4.79 Å². The number of aliphatic imine (C=N–C) groups is 1. The lowest BCUT2D eigenvalue weighted by Crippen LogP contribution is -2.58. The number of hydrogen-bond donors (Lipinski definition) is 2. The Kier molecular flexibility index (Phi) is 6.51. The van der Waals surface area contributed by atoms with Crippen LogP contribution in [-0.4, -0.2) is 82.4 Å². The Morgan fingerprint density at radius 2 is 2.00 bits per heavy atom. The summed E-state index contributed by atoms with van der Waals surface area (Å²) in [6.45, 7) is 5.67. The Hall–Kier alpha value is -4.38. The van der Waals surface area contributed by atoms with Crippen molar-refractivity contribution in [2.24, 2.45) is 4.99 Å². The van der Waals surface area contributed by atoms with Gasteiger partial charge in [0.05, 0.1) is 17.8 Å². The number of pyridine rings is 1. The van der Waals surface area contributed by atoms with Gasteiger partial charge in [-0.1, -0.05) is 11.8 Å². The molecule has 0 unspecified atom stereocenters. The number of hydrogen-bond acceptors (Lipinski definition) is 8. The first kappa shape index (κ1) is 21.8. The highest BCUT2D eigenvalue weighted by Crippen LogP contribution is 2.23. The van der Waals surface area contributed by atoms with Crippen molar-refractivity contribution in [2.75, 3.05) is 56.4 Å². The van der Waals surface area contributed by atoms with E-state index in [1.165, 1.54) is 0 Å². The van der Waals surface area contributed by atoms with Crippen molar-refractivity contribution in [3.8, 4) is 18.0 Å². The lowest BCUT2D eigenvalue weighted by Gasteiger charge is -2.41. The van der Waals surface area contributed by atoms with Crippen molar-refractivity contribution in [2.45, 2.75) is 6.92 Å². The number of anilines is 2. The molecule has 0 bridgehead atoms. The number of nitriles is 1. The number of nitrogen functional groups attached to an aromatic ring is 1. The summed E-state index contributed by atoms with van der Waals surface area (Å²) in [7, 11) is 0. The van der Waals surface area contributed by atoms with Crippen LogP contribution in [0.15, 0.2) is 29.5 Å². The second-order valence-electron chi connectivity index (χ2n) is 7.61. The smallest absolute Gasteiger partial charge is 0.239 e. The standard InChI is InChI=1S/C22H24N10O/c1-16-18(5-4-17-3-2-6-25-13-17)20(29-21(24)28-16)30-9-11-31(12-10-30)22(27-15-23)32-8-7-26-19(33)14-32/h2-3,6,13H,7-12,14H2,1H3,(H,26,33)(H2,24,28,29)/b27-22+. The summed E-state index contributed by atoms with van der Waals surface area (Å²) in [4.78, 5) is 34.7. The topological polar surface area (TPSA) is 140 Å². The van der Waals surface area contributed by atoms with Gasteiger partial charge in [-0.2, -0.15) is 10.2 Å². The van der Waals surface area contributed by atoms with E-state index in [-0.39, 0.29) is 18.4 Å². The van der Waals surface area contributed by atoms with Gasteiger partial charge in [0.2, 0.25) is 24.0 Å². The van der Waals surface area contributed by atoms with Crippen LogP contribution in [0.25, 0.3) is 0 Å². The molecule has 3 N–H and O–H groups in total. The Morgan fingerprint density at radius 3 is 2.70 bits per heavy atom. The van der Waals surface area contributed by atoms with Gasteiger partial charge in [0, 0.05) is 57.2 Å². The minimum absolute atomic E-state index is 0.0747. The Labute approximate surface area is 191 Å². The molecule has 0 aromatic carbocycles. The fourth-order valence-electron chi connectivity index (χ4n) is 3.84. The molecule has 11 nitrogen and oxygen atoms in total. The highest BCUT2D eigenvalue weighted by atomic mass is 16.2. The highest BCUT2D eigenvalue weighted by molar-refractivity contribution is 5.88. The van der Waals surface area contributed by atoms with Crippen LogP contribution in [0.3, 0.4) is 0 Å². The van der Waals surface area contributed by atoms with Crippen molar-refractivity contribution in [3.63, 3.8) is 0 Å². The number of carbonyl (C=O) groups excluding carboxylic acids is 1. The van der Waals surface area contributed by atoms with Gasteiger partial charge in [0.1, 0.15) is 5.82 Å². The molecule has 2 saturated heterocycles. The molecule has 168 valence electrons. The molecule has 2 aliphatic rings. The predicted molar refractivity (Wildman–Crippen MR) is 123 cm³/mol. The number of rotatable bonds is 1. The van der Waals surface area contributed by atoms with E-state index >= 15 is 0 Å². The molecule has 33 heavy (non-hydrogen) atoms. The summed E-state index contributed by atoms with van der Waals surface area (Å²) in [5, 5.41) is 12.0. The first-order valence-corrected chi connectivity index (χ1v) is 10.6. The Balaban J connectivity index is 1.54. The van der Waals surface area contributed by atoms with Crippen molar-refractivity contribution in [1.29, 1.82) is 5.26 Å². The summed E-state index contributed by atoms with van der Waals surface area (Å²) >= 11 is 0. The van der Waals surface area contributed by atoms with E-state index < -0.39 is 0 Å². The molecule has 2 aliphatic heterocycles. The molecule has 2 aromatic heterocycles. The molecule has 2 aromatic rings. The fourth-order valence-corrected chi connectivity index (χ4v) is 3.84. The maximum atomic E-state index is 11.8. The highest BCUT2D eigenvalue weighted by Gasteiger charge is 2.28. The minimum atomic E-state index is -0.0747. The molecule has 0 radical (unpaired) electrons. The van der Waals surface area contributed by atoms with E-state index in [1.807, 2.05) is 35.0 Å². The lowest BCUT2D eigenvalue weighted by atomic mass is 10.1. The van der Waals surface area contributed by atoms with Crippen LogP contribution in [0.4, 0.5) is 11.8 Å². The third-order valence-electron chi connectivity index (χ3n) is 5.41. The average molecular weight is 445 g/mol. The Bertz CT molecular complexity index is 1150. The van der Waals surface area contributed by atoms with Crippen molar-refractivity contribution >= 4 is 23.6 Å². The van der Waals surface area contributed by atoms with Gasteiger partial charge in [-0.15, -0.1) is 4.99 Å². The van der Waals surface area contributed by atoms with Crippen molar-refractivity contribution in [3.05, 3.63) is 41.3 Å². The number of carbonyl (C=O) groups is 1.